The molecule has 0 fully saturated rings. The summed E-state index contributed by atoms with van der Waals surface area (Å²) in [4.78, 5) is 34.8. The Morgan fingerprint density at radius 3 is 2.58 bits per heavy atom. The number of carbonyl (C=O) groups is 2. The first-order valence-electron chi connectivity index (χ1n) is 9.36. The molecule has 0 unspecified atom stereocenters. The number of nitrogens with one attached hydrogen (secondary N) is 3. The number of hydrogen-bond donors (Lipinski definition) is 3. The fourth-order valence-corrected chi connectivity index (χ4v) is 3.17. The number of hydrogen-bond acceptors (Lipinski definition) is 5. The van der Waals surface area contributed by atoms with E-state index < -0.39 is 35.3 Å². The standard InChI is InChI=1S/C20H15ClF3N7O2/c1-31-9-12(7-27-31)14-3-10-2-11(6-26-18(10)29-14)19(33)30-15-4-13(28-16(32)5-21)8-25-17(15)20(22,23)24/h2-4,6-9H,5H2,1H3,(H,26,29)(H,28,32)(H,30,33). The highest BCUT2D eigenvalue weighted by Gasteiger charge is 2.36. The van der Waals surface area contributed by atoms with Crippen LogP contribution >= 0.6 is 11.6 Å². The maximum Gasteiger partial charge on any atom is 0.435 e. The Morgan fingerprint density at radius 1 is 1.12 bits per heavy atom. The molecule has 4 aromatic heterocycles. The maximum absolute atomic E-state index is 13.4. The van der Waals surface area contributed by atoms with Crippen LogP contribution in [0.15, 0.2) is 43.0 Å². The monoisotopic (exact) mass is 477 g/mol. The molecule has 0 bridgehead atoms. The summed E-state index contributed by atoms with van der Waals surface area (Å²) in [6.45, 7) is 0. The third-order valence-electron chi connectivity index (χ3n) is 4.56. The number of rotatable bonds is 5. The van der Waals surface area contributed by atoms with Gasteiger partial charge in [0, 0.05) is 30.4 Å². The Labute approximate surface area is 189 Å². The number of H-pyrrole nitrogens is 1. The molecule has 0 aliphatic carbocycles. The van der Waals surface area contributed by atoms with Gasteiger partial charge in [-0.3, -0.25) is 14.3 Å². The largest absolute Gasteiger partial charge is 0.435 e. The molecule has 0 saturated carbocycles. The number of amides is 2. The van der Waals surface area contributed by atoms with Crippen LogP contribution in [-0.2, 0) is 18.0 Å². The maximum atomic E-state index is 13.4. The van der Waals surface area contributed by atoms with Crippen molar-refractivity contribution in [2.75, 3.05) is 16.5 Å². The summed E-state index contributed by atoms with van der Waals surface area (Å²) in [7, 11) is 1.77. The molecule has 3 N–H and O–H groups in total. The summed E-state index contributed by atoms with van der Waals surface area (Å²) in [5, 5.41) is 9.17. The van der Waals surface area contributed by atoms with Gasteiger partial charge in [-0.15, -0.1) is 11.6 Å². The van der Waals surface area contributed by atoms with Crippen LogP contribution in [0.5, 0.6) is 0 Å². The van der Waals surface area contributed by atoms with Crippen molar-refractivity contribution in [2.45, 2.75) is 6.18 Å². The third kappa shape index (κ3) is 4.80. The van der Waals surface area contributed by atoms with Crippen LogP contribution < -0.4 is 10.6 Å². The highest BCUT2D eigenvalue weighted by atomic mass is 35.5. The van der Waals surface area contributed by atoms with Gasteiger partial charge < -0.3 is 15.6 Å². The average molecular weight is 478 g/mol. The van der Waals surface area contributed by atoms with Gasteiger partial charge in [-0.05, 0) is 18.2 Å². The van der Waals surface area contributed by atoms with Gasteiger partial charge in [0.15, 0.2) is 5.69 Å². The highest BCUT2D eigenvalue weighted by Crippen LogP contribution is 2.34. The molecule has 0 aliphatic rings. The molecule has 9 nitrogen and oxygen atoms in total. The molecule has 0 aliphatic heterocycles. The lowest BCUT2D eigenvalue weighted by molar-refractivity contribution is -0.140. The van der Waals surface area contributed by atoms with E-state index in [1.54, 1.807) is 30.2 Å². The molecular weight excluding hydrogens is 463 g/mol. The first-order chi connectivity index (χ1) is 15.6. The van der Waals surface area contributed by atoms with Crippen molar-refractivity contribution in [2.24, 2.45) is 7.05 Å². The lowest BCUT2D eigenvalue weighted by atomic mass is 10.2. The van der Waals surface area contributed by atoms with E-state index in [1.807, 2.05) is 0 Å². The molecule has 4 heterocycles. The van der Waals surface area contributed by atoms with Crippen molar-refractivity contribution in [1.29, 1.82) is 0 Å². The zero-order chi connectivity index (χ0) is 23.8. The Hall–Kier alpha value is -3.93. The molecule has 0 radical (unpaired) electrons. The summed E-state index contributed by atoms with van der Waals surface area (Å²) in [6.07, 6.45) is 0.677. The van der Waals surface area contributed by atoms with Crippen LogP contribution in [0.2, 0.25) is 0 Å². The molecule has 13 heteroatoms. The molecule has 0 aromatic carbocycles. The van der Waals surface area contributed by atoms with Gasteiger partial charge in [0.1, 0.15) is 11.5 Å². The van der Waals surface area contributed by atoms with E-state index in [0.717, 1.165) is 23.5 Å². The van der Waals surface area contributed by atoms with Crippen LogP contribution in [0.4, 0.5) is 24.5 Å². The fourth-order valence-electron chi connectivity index (χ4n) is 3.10. The summed E-state index contributed by atoms with van der Waals surface area (Å²) in [5.74, 6) is -1.87. The minimum atomic E-state index is -4.83. The normalized spacial score (nSPS) is 11.5. The van der Waals surface area contributed by atoms with Gasteiger partial charge in [-0.25, -0.2) is 9.97 Å². The minimum absolute atomic E-state index is 0.0301. The highest BCUT2D eigenvalue weighted by molar-refractivity contribution is 6.29. The zero-order valence-electron chi connectivity index (χ0n) is 16.9. The fraction of sp³-hybridized carbons (Fsp3) is 0.150. The third-order valence-corrected chi connectivity index (χ3v) is 4.80. The lowest BCUT2D eigenvalue weighted by Gasteiger charge is -2.14. The van der Waals surface area contributed by atoms with Crippen LogP contribution in [0.1, 0.15) is 16.1 Å². The van der Waals surface area contributed by atoms with E-state index in [9.17, 15) is 22.8 Å². The number of alkyl halides is 4. The number of nitrogens with zero attached hydrogens (tertiary/aromatic N) is 4. The molecule has 0 atom stereocenters. The van der Waals surface area contributed by atoms with Gasteiger partial charge >= 0.3 is 6.18 Å². The molecule has 4 aromatic rings. The van der Waals surface area contributed by atoms with Gasteiger partial charge in [-0.1, -0.05) is 0 Å². The molecular formula is C20H15ClF3N7O2. The second kappa shape index (κ2) is 8.54. The second-order valence-corrected chi connectivity index (χ2v) is 7.27. The lowest BCUT2D eigenvalue weighted by Crippen LogP contribution is -2.19. The molecule has 0 saturated heterocycles. The van der Waals surface area contributed by atoms with Crippen LogP contribution in [0.3, 0.4) is 0 Å². The SMILES string of the molecule is Cn1cc(-c2cc3cc(C(=O)Nc4cc(NC(=O)CCl)cnc4C(F)(F)F)cnc3[nH]2)cn1. The van der Waals surface area contributed by atoms with Gasteiger partial charge in [0.05, 0.1) is 35.0 Å². The summed E-state index contributed by atoms with van der Waals surface area (Å²) in [6, 6.07) is 4.20. The molecule has 0 spiro atoms. The van der Waals surface area contributed by atoms with Gasteiger partial charge in [0.2, 0.25) is 5.91 Å². The topological polar surface area (TPSA) is 118 Å². The van der Waals surface area contributed by atoms with Crippen LogP contribution in [0.25, 0.3) is 22.3 Å². The van der Waals surface area contributed by atoms with Gasteiger partial charge in [-0.2, -0.15) is 18.3 Å². The molecule has 33 heavy (non-hydrogen) atoms. The van der Waals surface area contributed by atoms with E-state index in [-0.39, 0.29) is 11.3 Å². The molecule has 170 valence electrons. The summed E-state index contributed by atoms with van der Waals surface area (Å²) < 4.78 is 41.8. The van der Waals surface area contributed by atoms with Crippen molar-refractivity contribution in [1.82, 2.24) is 24.7 Å². The first-order valence-corrected chi connectivity index (χ1v) is 9.89. The number of aromatic nitrogens is 5. The quantitative estimate of drug-likeness (QED) is 0.378. The Kier molecular flexibility index (Phi) is 5.77. The van der Waals surface area contributed by atoms with Crippen molar-refractivity contribution >= 4 is 45.8 Å². The van der Waals surface area contributed by atoms with Gasteiger partial charge in [0.25, 0.3) is 5.91 Å². The van der Waals surface area contributed by atoms with E-state index in [4.69, 9.17) is 11.6 Å². The van der Waals surface area contributed by atoms with Crippen LogP contribution in [-0.4, -0.2) is 42.4 Å². The second-order valence-electron chi connectivity index (χ2n) is 7.00. The van der Waals surface area contributed by atoms with Crippen LogP contribution in [0, 0.1) is 0 Å². The average Bonchev–Trinajstić information content (AvgIpc) is 3.38. The number of halogens is 4. The summed E-state index contributed by atoms with van der Waals surface area (Å²) >= 11 is 5.40. The number of pyridine rings is 2. The predicted octanol–water partition coefficient (Wildman–Crippen LogP) is 3.81. The Bertz CT molecular complexity index is 1360. The molecule has 2 amide bonds. The number of fused-ring (bicyclic) bond motifs is 1. The number of aryl methyl sites for hydroxylation is 1. The molecule has 4 rings (SSSR count). The minimum Gasteiger partial charge on any atom is -0.339 e. The summed E-state index contributed by atoms with van der Waals surface area (Å²) in [5.41, 5.74) is 0.0627. The van der Waals surface area contributed by atoms with Crippen molar-refractivity contribution in [3.8, 4) is 11.3 Å². The number of carbonyl (C=O) groups excluding carboxylic acids is 2. The number of anilines is 2. The van der Waals surface area contributed by atoms with Crippen molar-refractivity contribution in [3.63, 3.8) is 0 Å². The van der Waals surface area contributed by atoms with E-state index in [0.29, 0.717) is 11.0 Å². The predicted molar refractivity (Wildman–Crippen MR) is 115 cm³/mol. The van der Waals surface area contributed by atoms with Crippen molar-refractivity contribution in [3.05, 3.63) is 54.2 Å². The van der Waals surface area contributed by atoms with E-state index >= 15 is 0 Å². The van der Waals surface area contributed by atoms with E-state index in [1.165, 1.54) is 12.3 Å². The van der Waals surface area contributed by atoms with E-state index in [2.05, 4.69) is 30.7 Å². The number of aromatic amines is 1. The Morgan fingerprint density at radius 2 is 1.91 bits per heavy atom. The first kappa shape index (κ1) is 22.3. The zero-order valence-corrected chi connectivity index (χ0v) is 17.6. The van der Waals surface area contributed by atoms with Crippen molar-refractivity contribution < 1.29 is 22.8 Å². The Balaban J connectivity index is 1.64. The smallest absolute Gasteiger partial charge is 0.339 e.